The second-order valence-electron chi connectivity index (χ2n) is 6.49. The summed E-state index contributed by atoms with van der Waals surface area (Å²) < 4.78 is 7.31. The van der Waals surface area contributed by atoms with Gasteiger partial charge in [-0.2, -0.15) is 5.10 Å². The van der Waals surface area contributed by atoms with E-state index in [0.29, 0.717) is 12.1 Å². The lowest BCUT2D eigenvalue weighted by molar-refractivity contribution is 0.0934. The summed E-state index contributed by atoms with van der Waals surface area (Å²) in [6, 6.07) is 13.7. The van der Waals surface area contributed by atoms with E-state index in [1.807, 2.05) is 42.5 Å². The van der Waals surface area contributed by atoms with E-state index in [-0.39, 0.29) is 11.9 Å². The second kappa shape index (κ2) is 7.58. The van der Waals surface area contributed by atoms with Gasteiger partial charge in [0, 0.05) is 12.7 Å². The van der Waals surface area contributed by atoms with Crippen molar-refractivity contribution in [3.05, 3.63) is 72.4 Å². The molecule has 1 amide bonds. The van der Waals surface area contributed by atoms with E-state index in [2.05, 4.69) is 15.3 Å². The predicted octanol–water partition coefficient (Wildman–Crippen LogP) is 3.03. The van der Waals surface area contributed by atoms with Gasteiger partial charge >= 0.3 is 0 Å². The van der Waals surface area contributed by atoms with Crippen molar-refractivity contribution >= 4 is 5.91 Å². The zero-order valence-corrected chi connectivity index (χ0v) is 14.5. The summed E-state index contributed by atoms with van der Waals surface area (Å²) in [6.45, 7) is 2.59. The zero-order chi connectivity index (χ0) is 17.8. The van der Waals surface area contributed by atoms with Crippen molar-refractivity contribution in [3.8, 4) is 5.69 Å². The van der Waals surface area contributed by atoms with E-state index in [9.17, 15) is 4.79 Å². The standard InChI is InChI=1S/C20H22N4O2/c25-20(16-13-22-24(15-16)17-7-2-1-3-8-17)21-14-18(19-9-6-12-26-19)23-10-4-5-11-23/h1-3,6-9,12-13,15,18H,4-5,10-11,14H2,(H,21,25). The third-order valence-corrected chi connectivity index (χ3v) is 4.77. The van der Waals surface area contributed by atoms with Crippen molar-refractivity contribution in [2.75, 3.05) is 19.6 Å². The summed E-state index contributed by atoms with van der Waals surface area (Å²) in [5, 5.41) is 7.32. The number of carbonyl (C=O) groups is 1. The molecule has 0 saturated carbocycles. The number of benzene rings is 1. The number of carbonyl (C=O) groups excluding carboxylic acids is 1. The van der Waals surface area contributed by atoms with Crippen molar-refractivity contribution in [1.29, 1.82) is 0 Å². The first kappa shape index (κ1) is 16.6. The Kier molecular flexibility index (Phi) is 4.84. The van der Waals surface area contributed by atoms with Gasteiger partial charge in [-0.15, -0.1) is 0 Å². The van der Waals surface area contributed by atoms with Crippen LogP contribution < -0.4 is 5.32 Å². The molecule has 0 radical (unpaired) electrons. The van der Waals surface area contributed by atoms with E-state index in [4.69, 9.17) is 4.42 Å². The highest BCUT2D eigenvalue weighted by Crippen LogP contribution is 2.25. The van der Waals surface area contributed by atoms with Gasteiger partial charge in [0.2, 0.25) is 0 Å². The van der Waals surface area contributed by atoms with Crippen molar-refractivity contribution in [2.24, 2.45) is 0 Å². The maximum atomic E-state index is 12.6. The van der Waals surface area contributed by atoms with Crippen LogP contribution in [0.15, 0.2) is 65.5 Å². The molecule has 3 heterocycles. The molecule has 1 aliphatic rings. The molecule has 6 nitrogen and oxygen atoms in total. The SMILES string of the molecule is O=C(NCC(c1ccco1)N1CCCC1)c1cnn(-c2ccccc2)c1. The Morgan fingerprint density at radius 1 is 1.15 bits per heavy atom. The topological polar surface area (TPSA) is 63.3 Å². The highest BCUT2D eigenvalue weighted by atomic mass is 16.3. The van der Waals surface area contributed by atoms with E-state index in [0.717, 1.165) is 24.5 Å². The molecule has 4 rings (SSSR count). The molecule has 1 fully saturated rings. The molecule has 1 unspecified atom stereocenters. The van der Waals surface area contributed by atoms with Crippen LogP contribution in [0.1, 0.15) is 35.0 Å². The van der Waals surface area contributed by atoms with Crippen LogP contribution in [0.3, 0.4) is 0 Å². The summed E-state index contributed by atoms with van der Waals surface area (Å²) >= 11 is 0. The van der Waals surface area contributed by atoms with Gasteiger partial charge in [0.25, 0.3) is 5.91 Å². The first-order chi connectivity index (χ1) is 12.8. The van der Waals surface area contributed by atoms with E-state index >= 15 is 0 Å². The molecule has 134 valence electrons. The predicted molar refractivity (Wildman–Crippen MR) is 98.2 cm³/mol. The third-order valence-electron chi connectivity index (χ3n) is 4.77. The summed E-state index contributed by atoms with van der Waals surface area (Å²) in [5.74, 6) is 0.773. The quantitative estimate of drug-likeness (QED) is 0.742. The Morgan fingerprint density at radius 3 is 2.69 bits per heavy atom. The van der Waals surface area contributed by atoms with Crippen LogP contribution in [-0.2, 0) is 0 Å². The van der Waals surface area contributed by atoms with Gasteiger partial charge in [0.15, 0.2) is 0 Å². The fraction of sp³-hybridized carbons (Fsp3) is 0.300. The Hall–Kier alpha value is -2.86. The molecule has 1 aliphatic heterocycles. The van der Waals surface area contributed by atoms with E-state index in [1.54, 1.807) is 23.3 Å². The maximum absolute atomic E-state index is 12.6. The van der Waals surface area contributed by atoms with Gasteiger partial charge in [-0.05, 0) is 50.2 Å². The van der Waals surface area contributed by atoms with Crippen LogP contribution in [-0.4, -0.2) is 40.2 Å². The minimum Gasteiger partial charge on any atom is -0.468 e. The van der Waals surface area contributed by atoms with Crippen LogP contribution in [0.5, 0.6) is 0 Å². The number of hydrogen-bond donors (Lipinski definition) is 1. The maximum Gasteiger partial charge on any atom is 0.254 e. The number of aromatic nitrogens is 2. The fourth-order valence-electron chi connectivity index (χ4n) is 3.40. The van der Waals surface area contributed by atoms with Crippen molar-refractivity contribution in [3.63, 3.8) is 0 Å². The molecule has 0 aliphatic carbocycles. The van der Waals surface area contributed by atoms with Crippen LogP contribution in [0.25, 0.3) is 5.69 Å². The van der Waals surface area contributed by atoms with Crippen LogP contribution in [0, 0.1) is 0 Å². The number of likely N-dealkylation sites (tertiary alicyclic amines) is 1. The monoisotopic (exact) mass is 350 g/mol. The number of hydrogen-bond acceptors (Lipinski definition) is 4. The number of amides is 1. The van der Waals surface area contributed by atoms with Gasteiger partial charge in [-0.3, -0.25) is 9.69 Å². The lowest BCUT2D eigenvalue weighted by Crippen LogP contribution is -2.36. The molecule has 0 spiro atoms. The zero-order valence-electron chi connectivity index (χ0n) is 14.5. The minimum absolute atomic E-state index is 0.0700. The molecular weight excluding hydrogens is 328 g/mol. The van der Waals surface area contributed by atoms with Crippen molar-refractivity contribution in [2.45, 2.75) is 18.9 Å². The first-order valence-corrected chi connectivity index (χ1v) is 8.97. The van der Waals surface area contributed by atoms with Crippen LogP contribution >= 0.6 is 0 Å². The molecule has 1 saturated heterocycles. The van der Waals surface area contributed by atoms with E-state index in [1.165, 1.54) is 12.8 Å². The Labute approximate surface area is 152 Å². The summed E-state index contributed by atoms with van der Waals surface area (Å²) in [5.41, 5.74) is 1.48. The number of furan rings is 1. The molecule has 3 aromatic rings. The molecule has 6 heteroatoms. The van der Waals surface area contributed by atoms with Gasteiger partial charge < -0.3 is 9.73 Å². The summed E-state index contributed by atoms with van der Waals surface area (Å²) in [6.07, 6.45) is 7.41. The average molecular weight is 350 g/mol. The highest BCUT2D eigenvalue weighted by molar-refractivity contribution is 5.93. The molecule has 2 aromatic heterocycles. The second-order valence-corrected chi connectivity index (χ2v) is 6.49. The summed E-state index contributed by atoms with van der Waals surface area (Å²) in [7, 11) is 0. The number of rotatable bonds is 6. The molecule has 1 N–H and O–H groups in total. The van der Waals surface area contributed by atoms with Gasteiger partial charge in [-0.25, -0.2) is 4.68 Å². The summed E-state index contributed by atoms with van der Waals surface area (Å²) in [4.78, 5) is 14.9. The highest BCUT2D eigenvalue weighted by Gasteiger charge is 2.26. The van der Waals surface area contributed by atoms with Crippen molar-refractivity contribution < 1.29 is 9.21 Å². The molecule has 26 heavy (non-hydrogen) atoms. The van der Waals surface area contributed by atoms with Gasteiger partial charge in [0.1, 0.15) is 5.76 Å². The normalized spacial score (nSPS) is 15.8. The molecule has 1 atom stereocenters. The smallest absolute Gasteiger partial charge is 0.254 e. The Bertz CT molecular complexity index is 836. The fourth-order valence-corrected chi connectivity index (χ4v) is 3.40. The lowest BCUT2D eigenvalue weighted by Gasteiger charge is -2.25. The van der Waals surface area contributed by atoms with Crippen LogP contribution in [0.2, 0.25) is 0 Å². The average Bonchev–Trinajstić information content (AvgIpc) is 3.44. The number of para-hydroxylation sites is 1. The van der Waals surface area contributed by atoms with Gasteiger partial charge in [0.05, 0.1) is 29.8 Å². The lowest BCUT2D eigenvalue weighted by atomic mass is 10.2. The third kappa shape index (κ3) is 3.55. The number of nitrogens with one attached hydrogen (secondary N) is 1. The Morgan fingerprint density at radius 2 is 1.96 bits per heavy atom. The first-order valence-electron chi connectivity index (χ1n) is 8.97. The van der Waals surface area contributed by atoms with Crippen LogP contribution in [0.4, 0.5) is 0 Å². The minimum atomic E-state index is -0.122. The largest absolute Gasteiger partial charge is 0.468 e. The van der Waals surface area contributed by atoms with E-state index < -0.39 is 0 Å². The van der Waals surface area contributed by atoms with Gasteiger partial charge in [-0.1, -0.05) is 18.2 Å². The Balaban J connectivity index is 1.43. The molecular formula is C20H22N4O2. The van der Waals surface area contributed by atoms with Crippen molar-refractivity contribution in [1.82, 2.24) is 20.0 Å². The molecule has 0 bridgehead atoms. The number of nitrogens with zero attached hydrogens (tertiary/aromatic N) is 3. The molecule has 1 aromatic carbocycles.